The molecule has 0 saturated carbocycles. The molecule has 5 nitrogen and oxygen atoms in total. The van der Waals surface area contributed by atoms with E-state index in [-0.39, 0.29) is 6.79 Å². The van der Waals surface area contributed by atoms with Gasteiger partial charge in [0.25, 0.3) is 0 Å². The second-order valence-electron chi connectivity index (χ2n) is 2.90. The molecule has 1 heterocycles. The Labute approximate surface area is 80.3 Å². The van der Waals surface area contributed by atoms with Crippen LogP contribution in [-0.4, -0.2) is 18.0 Å². The number of nitrogens with one attached hydrogen (secondary N) is 1. The van der Waals surface area contributed by atoms with E-state index >= 15 is 0 Å². The van der Waals surface area contributed by atoms with Crippen molar-refractivity contribution in [2.75, 3.05) is 12.1 Å². The number of rotatable bonds is 1. The minimum atomic E-state index is -1.09. The Morgan fingerprint density at radius 3 is 3.00 bits per heavy atom. The van der Waals surface area contributed by atoms with Gasteiger partial charge in [0.1, 0.15) is 0 Å². The highest BCUT2D eigenvalue weighted by Gasteiger charge is 2.18. The van der Waals surface area contributed by atoms with Crippen LogP contribution in [0.25, 0.3) is 0 Å². The average molecular weight is 195 g/mol. The summed E-state index contributed by atoms with van der Waals surface area (Å²) in [6.45, 7) is 1.96. The van der Waals surface area contributed by atoms with Crippen LogP contribution in [0.3, 0.4) is 0 Å². The third kappa shape index (κ3) is 1.32. The van der Waals surface area contributed by atoms with Crippen molar-refractivity contribution in [3.63, 3.8) is 0 Å². The molecule has 1 aliphatic heterocycles. The SMILES string of the molecule is Cc1c(NC(=O)O)ccc2c1OCO2. The van der Waals surface area contributed by atoms with Crippen LogP contribution < -0.4 is 14.8 Å². The van der Waals surface area contributed by atoms with Gasteiger partial charge >= 0.3 is 6.09 Å². The van der Waals surface area contributed by atoms with E-state index in [1.165, 1.54) is 0 Å². The maximum Gasteiger partial charge on any atom is 0.409 e. The van der Waals surface area contributed by atoms with Gasteiger partial charge in [-0.15, -0.1) is 0 Å². The summed E-state index contributed by atoms with van der Waals surface area (Å²) in [5, 5.41) is 10.8. The Morgan fingerprint density at radius 1 is 1.50 bits per heavy atom. The third-order valence-corrected chi connectivity index (χ3v) is 2.03. The predicted octanol–water partition coefficient (Wildman–Crippen LogP) is 1.81. The summed E-state index contributed by atoms with van der Waals surface area (Å²) in [6.07, 6.45) is -1.09. The molecule has 0 atom stereocenters. The van der Waals surface area contributed by atoms with Gasteiger partial charge < -0.3 is 14.6 Å². The third-order valence-electron chi connectivity index (χ3n) is 2.03. The smallest absolute Gasteiger partial charge is 0.409 e. The second kappa shape index (κ2) is 3.10. The summed E-state index contributed by atoms with van der Waals surface area (Å²) in [6, 6.07) is 3.33. The van der Waals surface area contributed by atoms with Crippen molar-refractivity contribution >= 4 is 11.8 Å². The first kappa shape index (κ1) is 8.68. The maximum absolute atomic E-state index is 10.4. The van der Waals surface area contributed by atoms with Crippen molar-refractivity contribution in [1.29, 1.82) is 0 Å². The van der Waals surface area contributed by atoms with E-state index < -0.39 is 6.09 Å². The van der Waals surface area contributed by atoms with E-state index in [0.717, 1.165) is 5.56 Å². The quantitative estimate of drug-likeness (QED) is 0.717. The first-order valence-corrected chi connectivity index (χ1v) is 4.07. The van der Waals surface area contributed by atoms with Crippen molar-refractivity contribution in [3.8, 4) is 11.5 Å². The van der Waals surface area contributed by atoms with Gasteiger partial charge in [-0.2, -0.15) is 0 Å². The number of ether oxygens (including phenoxy) is 2. The fourth-order valence-electron chi connectivity index (χ4n) is 1.36. The Morgan fingerprint density at radius 2 is 2.29 bits per heavy atom. The molecule has 2 N–H and O–H groups in total. The van der Waals surface area contributed by atoms with Crippen LogP contribution in [0, 0.1) is 6.92 Å². The highest BCUT2D eigenvalue weighted by Crippen LogP contribution is 2.38. The van der Waals surface area contributed by atoms with Crippen LogP contribution in [0.5, 0.6) is 11.5 Å². The molecule has 0 bridgehead atoms. The minimum absolute atomic E-state index is 0.187. The van der Waals surface area contributed by atoms with E-state index in [1.54, 1.807) is 19.1 Å². The highest BCUT2D eigenvalue weighted by molar-refractivity contribution is 5.85. The molecule has 0 saturated heterocycles. The van der Waals surface area contributed by atoms with Gasteiger partial charge in [0.15, 0.2) is 11.5 Å². The molecular formula is C9H9NO4. The lowest BCUT2D eigenvalue weighted by atomic mass is 10.1. The molecule has 0 fully saturated rings. The molecule has 0 aliphatic carbocycles. The van der Waals surface area contributed by atoms with Gasteiger partial charge in [0.2, 0.25) is 6.79 Å². The first-order chi connectivity index (χ1) is 6.68. The fourth-order valence-corrected chi connectivity index (χ4v) is 1.36. The molecule has 1 aliphatic rings. The zero-order valence-corrected chi connectivity index (χ0v) is 7.53. The number of amides is 1. The molecular weight excluding hydrogens is 186 g/mol. The summed E-state index contributed by atoms with van der Waals surface area (Å²) >= 11 is 0. The number of hydrogen-bond donors (Lipinski definition) is 2. The summed E-state index contributed by atoms with van der Waals surface area (Å²) in [5.41, 5.74) is 1.25. The van der Waals surface area contributed by atoms with Gasteiger partial charge in [-0.25, -0.2) is 4.79 Å². The fraction of sp³-hybridized carbons (Fsp3) is 0.222. The first-order valence-electron chi connectivity index (χ1n) is 4.07. The summed E-state index contributed by atoms with van der Waals surface area (Å²) < 4.78 is 10.3. The molecule has 1 amide bonds. The van der Waals surface area contributed by atoms with E-state index in [2.05, 4.69) is 5.32 Å². The van der Waals surface area contributed by atoms with Gasteiger partial charge in [0.05, 0.1) is 5.69 Å². The monoisotopic (exact) mass is 195 g/mol. The Kier molecular flexibility index (Phi) is 1.92. The van der Waals surface area contributed by atoms with Gasteiger partial charge in [-0.05, 0) is 19.1 Å². The molecule has 14 heavy (non-hydrogen) atoms. The van der Waals surface area contributed by atoms with E-state index in [4.69, 9.17) is 14.6 Å². The van der Waals surface area contributed by atoms with Gasteiger partial charge in [0, 0.05) is 5.56 Å². The number of anilines is 1. The highest BCUT2D eigenvalue weighted by atomic mass is 16.7. The average Bonchev–Trinajstić information content (AvgIpc) is 2.57. The summed E-state index contributed by atoms with van der Waals surface area (Å²) in [5.74, 6) is 1.26. The van der Waals surface area contributed by atoms with E-state index in [0.29, 0.717) is 17.2 Å². The largest absolute Gasteiger partial charge is 0.465 e. The zero-order chi connectivity index (χ0) is 10.1. The van der Waals surface area contributed by atoms with Gasteiger partial charge in [-0.1, -0.05) is 0 Å². The molecule has 0 radical (unpaired) electrons. The van der Waals surface area contributed by atoms with Crippen LogP contribution in [0.15, 0.2) is 12.1 Å². The number of benzene rings is 1. The molecule has 5 heteroatoms. The van der Waals surface area contributed by atoms with Crippen LogP contribution >= 0.6 is 0 Å². The summed E-state index contributed by atoms with van der Waals surface area (Å²) in [7, 11) is 0. The lowest BCUT2D eigenvalue weighted by Gasteiger charge is -2.07. The van der Waals surface area contributed by atoms with Crippen molar-refractivity contribution in [1.82, 2.24) is 0 Å². The van der Waals surface area contributed by atoms with Crippen LogP contribution in [0.2, 0.25) is 0 Å². The normalized spacial score (nSPS) is 12.6. The number of fused-ring (bicyclic) bond motifs is 1. The van der Waals surface area contributed by atoms with Crippen LogP contribution in [0.4, 0.5) is 10.5 Å². The molecule has 0 spiro atoms. The Hall–Kier alpha value is -1.91. The van der Waals surface area contributed by atoms with Crippen LogP contribution in [-0.2, 0) is 0 Å². The zero-order valence-electron chi connectivity index (χ0n) is 7.53. The standard InChI is InChI=1S/C9H9NO4/c1-5-6(10-9(11)12)2-3-7-8(5)14-4-13-7/h2-3,10H,4H2,1H3,(H,11,12). The van der Waals surface area contributed by atoms with E-state index in [9.17, 15) is 4.79 Å². The predicted molar refractivity (Wildman–Crippen MR) is 48.9 cm³/mol. The van der Waals surface area contributed by atoms with Gasteiger partial charge in [-0.3, -0.25) is 5.32 Å². The maximum atomic E-state index is 10.4. The number of carbonyl (C=O) groups is 1. The molecule has 74 valence electrons. The number of hydrogen-bond acceptors (Lipinski definition) is 3. The van der Waals surface area contributed by atoms with Crippen molar-refractivity contribution in [2.45, 2.75) is 6.92 Å². The van der Waals surface area contributed by atoms with E-state index in [1.807, 2.05) is 0 Å². The molecule has 0 aromatic heterocycles. The second-order valence-corrected chi connectivity index (χ2v) is 2.90. The van der Waals surface area contributed by atoms with Crippen molar-refractivity contribution in [3.05, 3.63) is 17.7 Å². The van der Waals surface area contributed by atoms with Crippen LogP contribution in [0.1, 0.15) is 5.56 Å². The lowest BCUT2D eigenvalue weighted by molar-refractivity contribution is 0.173. The molecule has 1 aromatic carbocycles. The summed E-state index contributed by atoms with van der Waals surface area (Å²) in [4.78, 5) is 10.4. The Balaban J connectivity index is 2.39. The lowest BCUT2D eigenvalue weighted by Crippen LogP contribution is -2.08. The minimum Gasteiger partial charge on any atom is -0.465 e. The van der Waals surface area contributed by atoms with Crippen molar-refractivity contribution in [2.24, 2.45) is 0 Å². The molecule has 1 aromatic rings. The Bertz CT molecular complexity index is 389. The molecule has 0 unspecified atom stereocenters. The molecule has 2 rings (SSSR count). The topological polar surface area (TPSA) is 67.8 Å². The number of carboxylic acid groups (broad SMARTS) is 1. The van der Waals surface area contributed by atoms with Crippen molar-refractivity contribution < 1.29 is 19.4 Å².